The summed E-state index contributed by atoms with van der Waals surface area (Å²) >= 11 is 0. The number of hydrogen-bond acceptors (Lipinski definition) is 2. The maximum Gasteiger partial charge on any atom is 0.139 e. The van der Waals surface area contributed by atoms with Crippen LogP contribution < -0.4 is 0 Å². The molecule has 0 saturated heterocycles. The first-order chi connectivity index (χ1) is 5.26. The summed E-state index contributed by atoms with van der Waals surface area (Å²) in [7, 11) is 1.58. The molecule has 0 aliphatic heterocycles. The van der Waals surface area contributed by atoms with Gasteiger partial charge in [-0.25, -0.2) is 0 Å². The standard InChI is InChI=1S/C7H11NO.C2H6/c1-5-7(9-4)6(2)8-3;1-2/h5H,1,3H2,2,4H3;1-2H3/b7-6+;. The van der Waals surface area contributed by atoms with Gasteiger partial charge in [0.25, 0.3) is 0 Å². The van der Waals surface area contributed by atoms with Crippen molar-refractivity contribution in [2.24, 2.45) is 4.99 Å². The number of nitrogens with zero attached hydrogens (tertiary/aromatic N) is 1. The normalized spacial score (nSPS) is 10.2. The molecule has 0 amide bonds. The average molecular weight is 155 g/mol. The summed E-state index contributed by atoms with van der Waals surface area (Å²) in [5, 5.41) is 0. The lowest BCUT2D eigenvalue weighted by Crippen LogP contribution is -1.84. The highest BCUT2D eigenvalue weighted by molar-refractivity contribution is 5.30. The number of hydrogen-bond donors (Lipinski definition) is 0. The Bertz CT molecular complexity index is 148. The molecule has 0 aromatic rings. The van der Waals surface area contributed by atoms with Crippen molar-refractivity contribution in [1.82, 2.24) is 0 Å². The molecule has 0 radical (unpaired) electrons. The van der Waals surface area contributed by atoms with Gasteiger partial charge in [0.1, 0.15) is 5.76 Å². The van der Waals surface area contributed by atoms with Crippen molar-refractivity contribution in [1.29, 1.82) is 0 Å². The van der Waals surface area contributed by atoms with Crippen LogP contribution in [0.25, 0.3) is 0 Å². The van der Waals surface area contributed by atoms with Crippen LogP contribution in [0.3, 0.4) is 0 Å². The van der Waals surface area contributed by atoms with Crippen molar-refractivity contribution < 1.29 is 4.74 Å². The van der Waals surface area contributed by atoms with Gasteiger partial charge < -0.3 is 4.74 Å². The minimum atomic E-state index is 0.671. The third kappa shape index (κ3) is 5.40. The molecule has 0 aliphatic rings. The van der Waals surface area contributed by atoms with Gasteiger partial charge in [0.15, 0.2) is 0 Å². The molecule has 0 rings (SSSR count). The second-order valence-electron chi connectivity index (χ2n) is 1.52. The van der Waals surface area contributed by atoms with Gasteiger partial charge in [-0.05, 0) is 19.7 Å². The molecule has 0 bridgehead atoms. The molecule has 0 aromatic carbocycles. The molecule has 0 N–H and O–H groups in total. The van der Waals surface area contributed by atoms with Crippen LogP contribution in [-0.2, 0) is 4.74 Å². The highest BCUT2D eigenvalue weighted by Crippen LogP contribution is 2.04. The van der Waals surface area contributed by atoms with Gasteiger partial charge in [-0.2, -0.15) is 0 Å². The van der Waals surface area contributed by atoms with Crippen LogP contribution in [0, 0.1) is 0 Å². The number of methoxy groups -OCH3 is 1. The zero-order valence-corrected chi connectivity index (χ0v) is 7.85. The summed E-state index contributed by atoms with van der Waals surface area (Å²) in [5.74, 6) is 0.671. The van der Waals surface area contributed by atoms with Gasteiger partial charge in [0, 0.05) is 0 Å². The molecule has 2 nitrogen and oxygen atoms in total. The fourth-order valence-corrected chi connectivity index (χ4v) is 0.457. The van der Waals surface area contributed by atoms with Crippen molar-refractivity contribution in [3.8, 4) is 0 Å². The summed E-state index contributed by atoms with van der Waals surface area (Å²) in [4.78, 5) is 3.66. The van der Waals surface area contributed by atoms with E-state index in [-0.39, 0.29) is 0 Å². The van der Waals surface area contributed by atoms with E-state index < -0.39 is 0 Å². The minimum absolute atomic E-state index is 0.671. The molecule has 11 heavy (non-hydrogen) atoms. The highest BCUT2D eigenvalue weighted by Gasteiger charge is 1.91. The molecule has 64 valence electrons. The van der Waals surface area contributed by atoms with Gasteiger partial charge in [-0.15, -0.1) is 0 Å². The van der Waals surface area contributed by atoms with Crippen LogP contribution >= 0.6 is 0 Å². The van der Waals surface area contributed by atoms with E-state index in [4.69, 9.17) is 4.74 Å². The molecular weight excluding hydrogens is 138 g/mol. The highest BCUT2D eigenvalue weighted by atomic mass is 16.5. The van der Waals surface area contributed by atoms with E-state index in [2.05, 4.69) is 18.3 Å². The SMILES string of the molecule is C=C/C(OC)=C(/C)N=C.CC. The van der Waals surface area contributed by atoms with E-state index >= 15 is 0 Å². The molecule has 0 fully saturated rings. The molecule has 2 heteroatoms. The Balaban J connectivity index is 0. The van der Waals surface area contributed by atoms with Gasteiger partial charge in [-0.3, -0.25) is 4.99 Å². The van der Waals surface area contributed by atoms with Crippen LogP contribution in [0.5, 0.6) is 0 Å². The Morgan fingerprint density at radius 3 is 2.00 bits per heavy atom. The lowest BCUT2D eigenvalue weighted by molar-refractivity contribution is 0.302. The van der Waals surface area contributed by atoms with E-state index in [0.29, 0.717) is 5.76 Å². The number of allylic oxidation sites excluding steroid dienone is 2. The molecule has 0 atom stereocenters. The first kappa shape index (κ1) is 12.6. The zero-order chi connectivity index (χ0) is 9.28. The molecule has 0 aliphatic carbocycles. The maximum absolute atomic E-state index is 4.88. The second kappa shape index (κ2) is 8.95. The van der Waals surface area contributed by atoms with Crippen LogP contribution in [0.2, 0.25) is 0 Å². The average Bonchev–Trinajstić information content (AvgIpc) is 2.10. The fraction of sp³-hybridized carbons (Fsp3) is 0.444. The first-order valence-electron chi connectivity index (χ1n) is 3.60. The van der Waals surface area contributed by atoms with Crippen molar-refractivity contribution >= 4 is 6.72 Å². The molecular formula is C9H17NO. The summed E-state index contributed by atoms with van der Waals surface area (Å²) in [6.07, 6.45) is 1.60. The van der Waals surface area contributed by atoms with Crippen molar-refractivity contribution in [2.45, 2.75) is 20.8 Å². The summed E-state index contributed by atoms with van der Waals surface area (Å²) < 4.78 is 4.88. The van der Waals surface area contributed by atoms with Crippen LogP contribution in [0.1, 0.15) is 20.8 Å². The topological polar surface area (TPSA) is 21.6 Å². The fourth-order valence-electron chi connectivity index (χ4n) is 0.457. The van der Waals surface area contributed by atoms with Gasteiger partial charge in [0.2, 0.25) is 0 Å². The Morgan fingerprint density at radius 2 is 1.91 bits per heavy atom. The predicted octanol–water partition coefficient (Wildman–Crippen LogP) is 2.78. The molecule has 0 saturated carbocycles. The quantitative estimate of drug-likeness (QED) is 0.349. The lowest BCUT2D eigenvalue weighted by Gasteiger charge is -1.99. The second-order valence-corrected chi connectivity index (χ2v) is 1.52. The first-order valence-corrected chi connectivity index (χ1v) is 3.60. The number of aliphatic imine (C=N–C) groups is 1. The lowest BCUT2D eigenvalue weighted by atomic mass is 10.4. The van der Waals surface area contributed by atoms with Crippen molar-refractivity contribution in [2.75, 3.05) is 7.11 Å². The zero-order valence-electron chi connectivity index (χ0n) is 7.85. The molecule has 0 heterocycles. The van der Waals surface area contributed by atoms with Gasteiger partial charge in [-0.1, -0.05) is 20.4 Å². The van der Waals surface area contributed by atoms with Crippen LogP contribution in [-0.4, -0.2) is 13.8 Å². The third-order valence-corrected chi connectivity index (χ3v) is 0.999. The van der Waals surface area contributed by atoms with E-state index in [1.807, 2.05) is 20.8 Å². The van der Waals surface area contributed by atoms with Crippen molar-refractivity contribution in [3.05, 3.63) is 24.1 Å². The van der Waals surface area contributed by atoms with E-state index in [9.17, 15) is 0 Å². The monoisotopic (exact) mass is 155 g/mol. The predicted molar refractivity (Wildman–Crippen MR) is 50.8 cm³/mol. The largest absolute Gasteiger partial charge is 0.495 e. The van der Waals surface area contributed by atoms with E-state index in [0.717, 1.165) is 5.70 Å². The Kier molecular flexibility index (Phi) is 10.3. The number of ether oxygens (including phenoxy) is 1. The van der Waals surface area contributed by atoms with Gasteiger partial charge in [0.05, 0.1) is 12.8 Å². The maximum atomic E-state index is 4.88. The van der Waals surface area contributed by atoms with E-state index in [1.165, 1.54) is 0 Å². The molecule has 0 spiro atoms. The Morgan fingerprint density at radius 1 is 1.45 bits per heavy atom. The Hall–Kier alpha value is -1.05. The number of rotatable bonds is 3. The van der Waals surface area contributed by atoms with E-state index in [1.54, 1.807) is 13.2 Å². The minimum Gasteiger partial charge on any atom is -0.495 e. The molecule has 0 unspecified atom stereocenters. The summed E-state index contributed by atoms with van der Waals surface area (Å²) in [5.41, 5.74) is 0.757. The third-order valence-electron chi connectivity index (χ3n) is 0.999. The Labute approximate surface area is 69.3 Å². The summed E-state index contributed by atoms with van der Waals surface area (Å²) in [6.45, 7) is 12.7. The van der Waals surface area contributed by atoms with Gasteiger partial charge >= 0.3 is 0 Å². The summed E-state index contributed by atoms with van der Waals surface area (Å²) in [6, 6.07) is 0. The smallest absolute Gasteiger partial charge is 0.139 e. The van der Waals surface area contributed by atoms with Crippen LogP contribution in [0.4, 0.5) is 0 Å². The van der Waals surface area contributed by atoms with Crippen molar-refractivity contribution in [3.63, 3.8) is 0 Å². The molecule has 0 aromatic heterocycles. The van der Waals surface area contributed by atoms with Crippen LogP contribution in [0.15, 0.2) is 29.1 Å².